The quantitative estimate of drug-likeness (QED) is 0.488. The Morgan fingerprint density at radius 3 is 2.19 bits per heavy atom. The Kier molecular flexibility index (Phi) is 10.3. The molecule has 0 aliphatic rings. The molecule has 3 N–H and O–H groups in total. The molecule has 1 aromatic carbocycles. The maximum Gasteiger partial charge on any atom is 0.408 e. The van der Waals surface area contributed by atoms with E-state index in [4.69, 9.17) is 4.74 Å². The first-order valence-corrected chi connectivity index (χ1v) is 10.8. The first kappa shape index (κ1) is 26.3. The fourth-order valence-electron chi connectivity index (χ4n) is 3.06. The molecule has 3 amide bonds. The van der Waals surface area contributed by atoms with Crippen LogP contribution in [0.1, 0.15) is 72.4 Å². The first-order valence-electron chi connectivity index (χ1n) is 10.8. The van der Waals surface area contributed by atoms with Gasteiger partial charge in [-0.15, -0.1) is 0 Å². The molecule has 0 heterocycles. The van der Waals surface area contributed by atoms with Crippen LogP contribution in [0.15, 0.2) is 24.3 Å². The smallest absolute Gasteiger partial charge is 0.408 e. The number of hydrogen-bond donors (Lipinski definition) is 3. The third-order valence-electron chi connectivity index (χ3n) is 4.44. The normalized spacial score (nSPS) is 12.2. The minimum absolute atomic E-state index is 0.0693. The van der Waals surface area contributed by atoms with E-state index in [1.54, 1.807) is 32.9 Å². The van der Waals surface area contributed by atoms with E-state index in [-0.39, 0.29) is 24.2 Å². The van der Waals surface area contributed by atoms with Crippen molar-refractivity contribution >= 4 is 17.9 Å². The van der Waals surface area contributed by atoms with E-state index in [1.165, 1.54) is 17.0 Å². The average molecular weight is 436 g/mol. The number of ether oxygens (including phenoxy) is 1. The number of carbonyl (C=O) groups is 3. The summed E-state index contributed by atoms with van der Waals surface area (Å²) >= 11 is 0. The van der Waals surface area contributed by atoms with Crippen molar-refractivity contribution in [2.75, 3.05) is 13.1 Å². The summed E-state index contributed by atoms with van der Waals surface area (Å²) in [4.78, 5) is 39.5. The molecule has 0 aliphatic heterocycles. The third kappa shape index (κ3) is 9.27. The summed E-state index contributed by atoms with van der Waals surface area (Å²) in [6.07, 6.45) is 2.18. The van der Waals surface area contributed by atoms with Crippen molar-refractivity contribution in [3.05, 3.63) is 29.8 Å². The second kappa shape index (κ2) is 12.2. The highest BCUT2D eigenvalue weighted by molar-refractivity contribution is 5.90. The van der Waals surface area contributed by atoms with Gasteiger partial charge in [-0.2, -0.15) is 0 Å². The van der Waals surface area contributed by atoms with Crippen LogP contribution in [0.5, 0.6) is 5.75 Å². The number of alkyl carbamates (subject to hydrolysis) is 1. The van der Waals surface area contributed by atoms with Gasteiger partial charge in [0.15, 0.2) is 0 Å². The lowest BCUT2D eigenvalue weighted by Gasteiger charge is -2.34. The third-order valence-corrected chi connectivity index (χ3v) is 4.44. The number of amides is 3. The Labute approximate surface area is 185 Å². The van der Waals surface area contributed by atoms with E-state index in [1.807, 2.05) is 13.8 Å². The van der Waals surface area contributed by atoms with Crippen LogP contribution in [0.2, 0.25) is 0 Å². The lowest BCUT2D eigenvalue weighted by molar-refractivity contribution is -0.142. The van der Waals surface area contributed by atoms with Crippen molar-refractivity contribution in [1.82, 2.24) is 15.5 Å². The largest absolute Gasteiger partial charge is 0.508 e. The maximum absolute atomic E-state index is 13.1. The average Bonchev–Trinajstić information content (AvgIpc) is 2.66. The molecule has 8 nitrogen and oxygen atoms in total. The number of rotatable bonds is 10. The van der Waals surface area contributed by atoms with Gasteiger partial charge >= 0.3 is 6.09 Å². The zero-order valence-corrected chi connectivity index (χ0v) is 19.5. The molecular weight excluding hydrogens is 398 g/mol. The number of benzene rings is 1. The highest BCUT2D eigenvalue weighted by Gasteiger charge is 2.33. The Bertz CT molecular complexity index is 726. The molecule has 0 fully saturated rings. The van der Waals surface area contributed by atoms with Gasteiger partial charge in [0, 0.05) is 12.6 Å². The van der Waals surface area contributed by atoms with Gasteiger partial charge in [0.2, 0.25) is 11.8 Å². The monoisotopic (exact) mass is 435 g/mol. The van der Waals surface area contributed by atoms with Crippen LogP contribution in [0.25, 0.3) is 0 Å². The summed E-state index contributed by atoms with van der Waals surface area (Å²) in [6, 6.07) is 5.00. The Hall–Kier alpha value is -2.77. The highest BCUT2D eigenvalue weighted by Crippen LogP contribution is 2.25. The molecule has 0 aromatic heterocycles. The van der Waals surface area contributed by atoms with Crippen molar-refractivity contribution in [2.24, 2.45) is 0 Å². The SMILES string of the molecule is CCCCCNC(=O)C(c1ccc(O)cc1)N(C(=O)CNC(=O)OC(C)(C)C)C(C)C. The summed E-state index contributed by atoms with van der Waals surface area (Å²) in [6.45, 7) is 11.1. The summed E-state index contributed by atoms with van der Waals surface area (Å²) in [5.74, 6) is -0.649. The minimum Gasteiger partial charge on any atom is -0.508 e. The molecule has 0 spiro atoms. The molecule has 0 radical (unpaired) electrons. The number of nitrogens with zero attached hydrogens (tertiary/aromatic N) is 1. The van der Waals surface area contributed by atoms with Gasteiger partial charge in [0.05, 0.1) is 0 Å². The predicted molar refractivity (Wildman–Crippen MR) is 120 cm³/mol. The second-order valence-corrected chi connectivity index (χ2v) is 8.74. The Morgan fingerprint density at radius 2 is 1.68 bits per heavy atom. The van der Waals surface area contributed by atoms with E-state index in [0.717, 1.165) is 19.3 Å². The second-order valence-electron chi connectivity index (χ2n) is 8.74. The van der Waals surface area contributed by atoms with Crippen LogP contribution >= 0.6 is 0 Å². The van der Waals surface area contributed by atoms with Gasteiger partial charge in [-0.1, -0.05) is 31.9 Å². The molecule has 1 rings (SSSR count). The van der Waals surface area contributed by atoms with Crippen LogP contribution in [-0.2, 0) is 14.3 Å². The summed E-state index contributed by atoms with van der Waals surface area (Å²) in [7, 11) is 0. The standard InChI is InChI=1S/C23H37N3O5/c1-7-8-9-14-24-21(29)20(17-10-12-18(27)13-11-17)26(16(2)3)19(28)15-25-22(30)31-23(4,5)6/h10-13,16,20,27H,7-9,14-15H2,1-6H3,(H,24,29)(H,25,30). The first-order chi connectivity index (χ1) is 14.5. The van der Waals surface area contributed by atoms with E-state index >= 15 is 0 Å². The zero-order valence-electron chi connectivity index (χ0n) is 19.5. The number of hydrogen-bond acceptors (Lipinski definition) is 5. The number of aromatic hydroxyl groups is 1. The Morgan fingerprint density at radius 1 is 1.06 bits per heavy atom. The van der Waals surface area contributed by atoms with Gasteiger partial charge in [0.1, 0.15) is 23.9 Å². The predicted octanol–water partition coefficient (Wildman–Crippen LogP) is 3.50. The fourth-order valence-corrected chi connectivity index (χ4v) is 3.06. The van der Waals surface area contributed by atoms with E-state index < -0.39 is 23.6 Å². The van der Waals surface area contributed by atoms with Crippen LogP contribution < -0.4 is 10.6 Å². The summed E-state index contributed by atoms with van der Waals surface area (Å²) in [5, 5.41) is 15.0. The van der Waals surface area contributed by atoms with Crippen molar-refractivity contribution in [2.45, 2.75) is 78.5 Å². The van der Waals surface area contributed by atoms with Gasteiger partial charge < -0.3 is 25.4 Å². The minimum atomic E-state index is -0.893. The summed E-state index contributed by atoms with van der Waals surface area (Å²) in [5.41, 5.74) is -0.109. The van der Waals surface area contributed by atoms with Crippen LogP contribution in [-0.4, -0.2) is 52.6 Å². The maximum atomic E-state index is 13.1. The molecule has 0 saturated carbocycles. The van der Waals surface area contributed by atoms with Crippen LogP contribution in [0, 0.1) is 0 Å². The molecule has 1 unspecified atom stereocenters. The number of phenolic OH excluding ortho intramolecular Hbond substituents is 1. The van der Waals surface area contributed by atoms with Crippen molar-refractivity contribution in [1.29, 1.82) is 0 Å². The van der Waals surface area contributed by atoms with Gasteiger partial charge in [0.25, 0.3) is 0 Å². The van der Waals surface area contributed by atoms with Crippen molar-refractivity contribution < 1.29 is 24.2 Å². The molecule has 0 saturated heterocycles. The Balaban J connectivity index is 3.05. The van der Waals surface area contributed by atoms with Crippen LogP contribution in [0.4, 0.5) is 4.79 Å². The molecule has 8 heteroatoms. The molecule has 0 bridgehead atoms. The lowest BCUT2D eigenvalue weighted by Crippen LogP contribution is -2.50. The van der Waals surface area contributed by atoms with Gasteiger partial charge in [-0.3, -0.25) is 9.59 Å². The number of unbranched alkanes of at least 4 members (excludes halogenated alkanes) is 2. The fraction of sp³-hybridized carbons (Fsp3) is 0.609. The molecular formula is C23H37N3O5. The van der Waals surface area contributed by atoms with E-state index in [9.17, 15) is 19.5 Å². The van der Waals surface area contributed by atoms with Crippen molar-refractivity contribution in [3.63, 3.8) is 0 Å². The van der Waals surface area contributed by atoms with Crippen LogP contribution in [0.3, 0.4) is 0 Å². The molecule has 0 aliphatic carbocycles. The van der Waals surface area contributed by atoms with Crippen molar-refractivity contribution in [3.8, 4) is 5.75 Å². The highest BCUT2D eigenvalue weighted by atomic mass is 16.6. The van der Waals surface area contributed by atoms with E-state index in [2.05, 4.69) is 17.6 Å². The lowest BCUT2D eigenvalue weighted by atomic mass is 10.0. The van der Waals surface area contributed by atoms with Gasteiger partial charge in [-0.25, -0.2) is 4.79 Å². The molecule has 1 atom stereocenters. The topological polar surface area (TPSA) is 108 Å². The molecule has 1 aromatic rings. The number of phenols is 1. The molecule has 31 heavy (non-hydrogen) atoms. The molecule has 174 valence electrons. The number of nitrogens with one attached hydrogen (secondary N) is 2. The summed E-state index contributed by atoms with van der Waals surface area (Å²) < 4.78 is 5.18. The van der Waals surface area contributed by atoms with Gasteiger partial charge in [-0.05, 0) is 58.7 Å². The zero-order chi connectivity index (χ0) is 23.6. The van der Waals surface area contributed by atoms with E-state index in [0.29, 0.717) is 12.1 Å². The number of carbonyl (C=O) groups excluding carboxylic acids is 3.